The van der Waals surface area contributed by atoms with Gasteiger partial charge in [-0.1, -0.05) is 0 Å². The largest absolute Gasteiger partial charge is 0.257 e. The second-order valence-corrected chi connectivity index (χ2v) is 4.41. The summed E-state index contributed by atoms with van der Waals surface area (Å²) in [4.78, 5) is 0. The van der Waals surface area contributed by atoms with Crippen LogP contribution in [-0.4, -0.2) is 26.6 Å². The lowest BCUT2D eigenvalue weighted by molar-refractivity contribution is 0.567. The fourth-order valence-corrected chi connectivity index (χ4v) is 1.63. The van der Waals surface area contributed by atoms with E-state index in [4.69, 9.17) is 0 Å². The molecule has 2 N–H and O–H groups in total. The molecule has 1 heterocycles. The van der Waals surface area contributed by atoms with Gasteiger partial charge in [-0.25, -0.2) is 13.8 Å². The lowest BCUT2D eigenvalue weighted by Gasteiger charge is -2.04. The second kappa shape index (κ2) is 2.24. The van der Waals surface area contributed by atoms with E-state index in [2.05, 4.69) is 10.9 Å². The van der Waals surface area contributed by atoms with Crippen LogP contribution in [0.2, 0.25) is 0 Å². The molecule has 9 heavy (non-hydrogen) atoms. The fourth-order valence-electron chi connectivity index (χ4n) is 0.783. The minimum Gasteiger partial charge on any atom is -0.257 e. The van der Waals surface area contributed by atoms with E-state index in [0.717, 1.165) is 6.54 Å². The summed E-state index contributed by atoms with van der Waals surface area (Å²) in [7, 11) is -2.88. The molecule has 0 aliphatic carbocycles. The van der Waals surface area contributed by atoms with E-state index in [-0.39, 0.29) is 5.37 Å². The zero-order chi connectivity index (χ0) is 6.91. The molecule has 0 aromatic rings. The van der Waals surface area contributed by atoms with E-state index < -0.39 is 9.84 Å². The summed E-state index contributed by atoms with van der Waals surface area (Å²) < 4.78 is 21.5. The highest BCUT2D eigenvalue weighted by molar-refractivity contribution is 7.91. The molecule has 1 atom stereocenters. The van der Waals surface area contributed by atoms with Crippen molar-refractivity contribution in [1.29, 1.82) is 0 Å². The zero-order valence-electron chi connectivity index (χ0n) is 5.22. The molecule has 1 unspecified atom stereocenters. The molecule has 0 aromatic carbocycles. The van der Waals surface area contributed by atoms with Crippen molar-refractivity contribution in [1.82, 2.24) is 10.9 Å². The number of hydrazine groups is 1. The third kappa shape index (κ3) is 1.64. The maximum atomic E-state index is 10.7. The lowest BCUT2D eigenvalue weighted by atomic mass is 10.5. The molecule has 0 radical (unpaired) electrons. The van der Waals surface area contributed by atoms with Crippen LogP contribution in [0.4, 0.5) is 0 Å². The van der Waals surface area contributed by atoms with E-state index in [9.17, 15) is 8.42 Å². The quantitative estimate of drug-likeness (QED) is 0.496. The van der Waals surface area contributed by atoms with Gasteiger partial charge in [-0.15, -0.1) is 0 Å². The molecule has 0 amide bonds. The molecule has 54 valence electrons. The topological polar surface area (TPSA) is 58.2 Å². The zero-order valence-corrected chi connectivity index (χ0v) is 6.03. The van der Waals surface area contributed by atoms with Crippen molar-refractivity contribution in [3.05, 3.63) is 0 Å². The number of hydrogen-bond donors (Lipinski definition) is 2. The highest BCUT2D eigenvalue weighted by Gasteiger charge is 2.23. The number of nitrogens with one attached hydrogen (secondary N) is 2. The molecule has 0 spiro atoms. The first kappa shape index (κ1) is 6.98. The first-order chi connectivity index (χ1) is 4.11. The summed E-state index contributed by atoms with van der Waals surface area (Å²) >= 11 is 0. The van der Waals surface area contributed by atoms with Gasteiger partial charge in [0.25, 0.3) is 0 Å². The molecule has 0 bridgehead atoms. The van der Waals surface area contributed by atoms with Crippen LogP contribution >= 0.6 is 0 Å². The minimum absolute atomic E-state index is 0.377. The maximum absolute atomic E-state index is 10.7. The molecule has 1 fully saturated rings. The number of sulfone groups is 1. The van der Waals surface area contributed by atoms with Crippen LogP contribution in [0.25, 0.3) is 0 Å². The smallest absolute Gasteiger partial charge is 0.164 e. The molecular weight excluding hydrogens is 140 g/mol. The van der Waals surface area contributed by atoms with Gasteiger partial charge in [-0.3, -0.25) is 5.43 Å². The average Bonchev–Trinajstić information content (AvgIpc) is 2.08. The first-order valence-corrected chi connectivity index (χ1v) is 4.73. The molecule has 1 saturated heterocycles. The highest BCUT2D eigenvalue weighted by Crippen LogP contribution is 2.02. The van der Waals surface area contributed by atoms with Crippen molar-refractivity contribution < 1.29 is 8.42 Å². The van der Waals surface area contributed by atoms with E-state index in [1.165, 1.54) is 6.26 Å². The molecule has 1 aliphatic rings. The van der Waals surface area contributed by atoms with Crippen LogP contribution in [0, 0.1) is 0 Å². The Kier molecular flexibility index (Phi) is 1.74. The SMILES string of the molecule is CS(=O)(=O)C1CCNN1. The summed E-state index contributed by atoms with van der Waals surface area (Å²) in [6.45, 7) is 0.734. The molecule has 4 nitrogen and oxygen atoms in total. The molecule has 0 aromatic heterocycles. The maximum Gasteiger partial charge on any atom is 0.164 e. The predicted octanol–water partition coefficient (Wildman–Crippen LogP) is -1.14. The molecular formula is C4H10N2O2S. The van der Waals surface area contributed by atoms with E-state index in [1.54, 1.807) is 0 Å². The standard InChI is InChI=1S/C4H10N2O2S/c1-9(7,8)4-2-3-5-6-4/h4-6H,2-3H2,1H3. The summed E-state index contributed by atoms with van der Waals surface area (Å²) in [5.74, 6) is 0. The second-order valence-electron chi connectivity index (χ2n) is 2.18. The molecule has 0 saturated carbocycles. The van der Waals surface area contributed by atoms with Crippen molar-refractivity contribution in [2.75, 3.05) is 12.8 Å². The van der Waals surface area contributed by atoms with Crippen LogP contribution < -0.4 is 10.9 Å². The van der Waals surface area contributed by atoms with Crippen molar-refractivity contribution in [3.63, 3.8) is 0 Å². The summed E-state index contributed by atoms with van der Waals surface area (Å²) in [6.07, 6.45) is 1.90. The van der Waals surface area contributed by atoms with Gasteiger partial charge in [0.1, 0.15) is 5.37 Å². The third-order valence-corrected chi connectivity index (χ3v) is 2.70. The van der Waals surface area contributed by atoms with Crippen molar-refractivity contribution in [2.24, 2.45) is 0 Å². The van der Waals surface area contributed by atoms with Crippen molar-refractivity contribution in [2.45, 2.75) is 11.8 Å². The molecule has 5 heteroatoms. The number of hydrogen-bond acceptors (Lipinski definition) is 4. The average molecular weight is 150 g/mol. The fraction of sp³-hybridized carbons (Fsp3) is 1.00. The third-order valence-electron chi connectivity index (χ3n) is 1.31. The van der Waals surface area contributed by atoms with Crippen molar-refractivity contribution in [3.8, 4) is 0 Å². The Morgan fingerprint density at radius 3 is 2.44 bits per heavy atom. The predicted molar refractivity (Wildman–Crippen MR) is 34.4 cm³/mol. The van der Waals surface area contributed by atoms with Gasteiger partial charge in [0.05, 0.1) is 0 Å². The van der Waals surface area contributed by atoms with E-state index >= 15 is 0 Å². The van der Waals surface area contributed by atoms with Crippen molar-refractivity contribution >= 4 is 9.84 Å². The summed E-state index contributed by atoms with van der Waals surface area (Å²) in [6, 6.07) is 0. The van der Waals surface area contributed by atoms with Crippen LogP contribution in [0.15, 0.2) is 0 Å². The van der Waals surface area contributed by atoms with Gasteiger partial charge in [0.15, 0.2) is 9.84 Å². The van der Waals surface area contributed by atoms with Crippen LogP contribution in [0.3, 0.4) is 0 Å². The monoisotopic (exact) mass is 150 g/mol. The Bertz CT molecular complexity index is 181. The molecule has 1 aliphatic heterocycles. The minimum atomic E-state index is -2.88. The van der Waals surface area contributed by atoms with E-state index in [0.29, 0.717) is 6.42 Å². The van der Waals surface area contributed by atoms with E-state index in [1.807, 2.05) is 0 Å². The van der Waals surface area contributed by atoms with Crippen LogP contribution in [0.1, 0.15) is 6.42 Å². The Balaban J connectivity index is 2.63. The van der Waals surface area contributed by atoms with Crippen LogP contribution in [0.5, 0.6) is 0 Å². The summed E-state index contributed by atoms with van der Waals surface area (Å²) in [5.41, 5.74) is 5.41. The Hall–Kier alpha value is -0.130. The molecule has 1 rings (SSSR count). The van der Waals surface area contributed by atoms with Gasteiger partial charge in [0, 0.05) is 12.8 Å². The number of rotatable bonds is 1. The van der Waals surface area contributed by atoms with Gasteiger partial charge in [-0.2, -0.15) is 0 Å². The Morgan fingerprint density at radius 1 is 1.56 bits per heavy atom. The lowest BCUT2D eigenvalue weighted by Crippen LogP contribution is -2.35. The van der Waals surface area contributed by atoms with Gasteiger partial charge >= 0.3 is 0 Å². The first-order valence-electron chi connectivity index (χ1n) is 2.78. The van der Waals surface area contributed by atoms with Crippen LogP contribution in [-0.2, 0) is 9.84 Å². The highest BCUT2D eigenvalue weighted by atomic mass is 32.2. The van der Waals surface area contributed by atoms with Gasteiger partial charge < -0.3 is 0 Å². The Labute approximate surface area is 54.5 Å². The normalized spacial score (nSPS) is 28.8. The summed E-state index contributed by atoms with van der Waals surface area (Å²) in [5, 5.41) is -0.377. The van der Waals surface area contributed by atoms with Gasteiger partial charge in [0.2, 0.25) is 0 Å². The Morgan fingerprint density at radius 2 is 2.22 bits per heavy atom. The van der Waals surface area contributed by atoms with Gasteiger partial charge in [-0.05, 0) is 6.42 Å².